The summed E-state index contributed by atoms with van der Waals surface area (Å²) in [5.41, 5.74) is 1.15. The van der Waals surface area contributed by atoms with Gasteiger partial charge in [0.05, 0.1) is 0 Å². The predicted molar refractivity (Wildman–Crippen MR) is 61.0 cm³/mol. The lowest BCUT2D eigenvalue weighted by molar-refractivity contribution is -0.139. The molecule has 1 heterocycles. The average Bonchev–Trinajstić information content (AvgIpc) is 2.69. The highest BCUT2D eigenvalue weighted by Crippen LogP contribution is 2.45. The summed E-state index contributed by atoms with van der Waals surface area (Å²) < 4.78 is -0.270. The molecule has 2 N–H and O–H groups in total. The third-order valence-electron chi connectivity index (χ3n) is 2.67. The summed E-state index contributed by atoms with van der Waals surface area (Å²) in [6, 6.07) is 7.50. The zero-order valence-electron chi connectivity index (χ0n) is 8.73. The maximum absolute atomic E-state index is 11.1. The van der Waals surface area contributed by atoms with Crippen LogP contribution in [0.3, 0.4) is 0 Å². The third-order valence-corrected chi connectivity index (χ3v) is 4.16. The zero-order chi connectivity index (χ0) is 11.1. The van der Waals surface area contributed by atoms with E-state index < -0.39 is 12.0 Å². The van der Waals surface area contributed by atoms with Crippen molar-refractivity contribution in [3.05, 3.63) is 29.8 Å². The van der Waals surface area contributed by atoms with E-state index >= 15 is 0 Å². The molecule has 0 aromatic heterocycles. The minimum Gasteiger partial charge on any atom is -0.480 e. The van der Waals surface area contributed by atoms with Gasteiger partial charge in [-0.15, -0.1) is 11.8 Å². The van der Waals surface area contributed by atoms with Gasteiger partial charge < -0.3 is 5.11 Å². The van der Waals surface area contributed by atoms with Crippen LogP contribution in [-0.4, -0.2) is 21.9 Å². The number of aliphatic carboxylic acids is 1. The molecule has 0 spiro atoms. The predicted octanol–water partition coefficient (Wildman–Crippen LogP) is 1.97. The lowest BCUT2D eigenvalue weighted by atomic mass is 10.0. The molecule has 2 rings (SSSR count). The standard InChI is InChI=1S/C11H14NO2S/c1-11(2)8(10(13)14)12-9(15-11)7-5-3-4-6-7/h3-6,8-9,12H,1-2H3,(H,13,14)/q-1. The fourth-order valence-electron chi connectivity index (χ4n) is 1.85. The molecular weight excluding hydrogens is 210 g/mol. The summed E-state index contributed by atoms with van der Waals surface area (Å²) in [5.74, 6) is -0.776. The smallest absolute Gasteiger partial charge is 0.322 e. The van der Waals surface area contributed by atoms with Crippen LogP contribution in [0.15, 0.2) is 24.3 Å². The van der Waals surface area contributed by atoms with Crippen molar-refractivity contribution in [2.45, 2.75) is 30.0 Å². The highest BCUT2D eigenvalue weighted by atomic mass is 32.2. The van der Waals surface area contributed by atoms with Gasteiger partial charge in [-0.1, -0.05) is 0 Å². The van der Waals surface area contributed by atoms with E-state index in [4.69, 9.17) is 5.11 Å². The van der Waals surface area contributed by atoms with Crippen LogP contribution < -0.4 is 5.32 Å². The minimum absolute atomic E-state index is 0.0936. The Labute approximate surface area is 93.2 Å². The fourth-order valence-corrected chi connectivity index (χ4v) is 3.26. The highest BCUT2D eigenvalue weighted by molar-refractivity contribution is 8.01. The second-order valence-electron chi connectivity index (χ2n) is 4.26. The number of hydrogen-bond acceptors (Lipinski definition) is 3. The summed E-state index contributed by atoms with van der Waals surface area (Å²) in [5, 5.41) is 12.3. The Bertz CT molecular complexity index is 359. The lowest BCUT2D eigenvalue weighted by Gasteiger charge is -2.21. The van der Waals surface area contributed by atoms with Gasteiger partial charge in [0, 0.05) is 10.1 Å². The van der Waals surface area contributed by atoms with Gasteiger partial charge in [-0.05, 0) is 13.8 Å². The molecule has 1 aliphatic heterocycles. The van der Waals surface area contributed by atoms with E-state index in [1.807, 2.05) is 38.1 Å². The third kappa shape index (κ3) is 1.92. The molecule has 82 valence electrons. The number of carboxylic acid groups (broad SMARTS) is 1. The van der Waals surface area contributed by atoms with E-state index in [0.717, 1.165) is 5.56 Å². The van der Waals surface area contributed by atoms with Gasteiger partial charge in [-0.25, -0.2) is 6.07 Å². The van der Waals surface area contributed by atoms with E-state index in [-0.39, 0.29) is 10.1 Å². The Morgan fingerprint density at radius 1 is 1.67 bits per heavy atom. The van der Waals surface area contributed by atoms with Gasteiger partial charge in [0.25, 0.3) is 0 Å². The number of carbonyl (C=O) groups is 1. The minimum atomic E-state index is -0.776. The number of nitrogens with one attached hydrogen (secondary N) is 1. The number of hydrogen-bond donors (Lipinski definition) is 2. The van der Waals surface area contributed by atoms with E-state index in [0.29, 0.717) is 0 Å². The topological polar surface area (TPSA) is 49.3 Å². The quantitative estimate of drug-likeness (QED) is 0.754. The molecule has 1 aromatic carbocycles. The van der Waals surface area contributed by atoms with Crippen LogP contribution in [0.2, 0.25) is 0 Å². The van der Waals surface area contributed by atoms with E-state index in [1.54, 1.807) is 11.8 Å². The van der Waals surface area contributed by atoms with Gasteiger partial charge >= 0.3 is 5.97 Å². The van der Waals surface area contributed by atoms with E-state index in [1.165, 1.54) is 0 Å². The Kier molecular flexibility index (Phi) is 2.56. The maximum atomic E-state index is 11.1. The summed E-state index contributed by atoms with van der Waals surface area (Å²) in [7, 11) is 0. The Hall–Kier alpha value is -0.870. The molecule has 1 saturated heterocycles. The van der Waals surface area contributed by atoms with Crippen molar-refractivity contribution in [1.82, 2.24) is 5.32 Å². The summed E-state index contributed by atoms with van der Waals surface area (Å²) in [6.07, 6.45) is 0. The normalized spacial score (nSPS) is 29.2. The first-order valence-corrected chi connectivity index (χ1v) is 5.77. The van der Waals surface area contributed by atoms with Gasteiger partial charge in [-0.3, -0.25) is 10.1 Å². The molecule has 15 heavy (non-hydrogen) atoms. The van der Waals surface area contributed by atoms with Crippen LogP contribution in [0.25, 0.3) is 0 Å². The largest absolute Gasteiger partial charge is 0.480 e. The van der Waals surface area contributed by atoms with Crippen molar-refractivity contribution in [1.29, 1.82) is 0 Å². The number of carboxylic acids is 1. The molecule has 0 radical (unpaired) electrons. The molecule has 1 aromatic rings. The summed E-state index contributed by atoms with van der Waals surface area (Å²) >= 11 is 1.67. The molecular formula is C11H14NO2S-. The van der Waals surface area contributed by atoms with Crippen LogP contribution in [0.1, 0.15) is 24.8 Å². The molecule has 0 bridgehead atoms. The number of thioether (sulfide) groups is 1. The van der Waals surface area contributed by atoms with Crippen molar-refractivity contribution >= 4 is 17.7 Å². The molecule has 1 aliphatic rings. The van der Waals surface area contributed by atoms with E-state index in [9.17, 15) is 4.79 Å². The van der Waals surface area contributed by atoms with Crippen molar-refractivity contribution in [2.75, 3.05) is 0 Å². The molecule has 2 unspecified atom stereocenters. The van der Waals surface area contributed by atoms with Crippen molar-refractivity contribution in [2.24, 2.45) is 0 Å². The maximum Gasteiger partial charge on any atom is 0.322 e. The average molecular weight is 224 g/mol. The van der Waals surface area contributed by atoms with Crippen LogP contribution in [0, 0.1) is 0 Å². The SMILES string of the molecule is CC1(C)SC(c2cc[cH-]c2)NC1C(=O)O. The Morgan fingerprint density at radius 3 is 2.87 bits per heavy atom. The summed E-state index contributed by atoms with van der Waals surface area (Å²) in [6.45, 7) is 3.93. The van der Waals surface area contributed by atoms with Crippen LogP contribution >= 0.6 is 11.8 Å². The molecule has 0 amide bonds. The molecule has 3 nitrogen and oxygen atoms in total. The monoisotopic (exact) mass is 224 g/mol. The highest BCUT2D eigenvalue weighted by Gasteiger charge is 2.43. The van der Waals surface area contributed by atoms with Gasteiger partial charge in [0.15, 0.2) is 0 Å². The molecule has 0 saturated carbocycles. The van der Waals surface area contributed by atoms with Crippen LogP contribution in [0.4, 0.5) is 0 Å². The first kappa shape index (κ1) is 10.6. The fraction of sp³-hybridized carbons (Fsp3) is 0.455. The zero-order valence-corrected chi connectivity index (χ0v) is 9.54. The lowest BCUT2D eigenvalue weighted by Crippen LogP contribution is -2.43. The van der Waals surface area contributed by atoms with Gasteiger partial charge in [0.1, 0.15) is 6.04 Å². The van der Waals surface area contributed by atoms with E-state index in [2.05, 4.69) is 5.32 Å². The van der Waals surface area contributed by atoms with Gasteiger partial charge in [0.2, 0.25) is 0 Å². The van der Waals surface area contributed by atoms with Crippen molar-refractivity contribution in [3.63, 3.8) is 0 Å². The molecule has 2 atom stereocenters. The van der Waals surface area contributed by atoms with Crippen LogP contribution in [-0.2, 0) is 4.79 Å². The second kappa shape index (κ2) is 3.61. The first-order chi connectivity index (χ1) is 7.00. The molecule has 1 fully saturated rings. The Morgan fingerprint density at radius 2 is 2.40 bits per heavy atom. The molecule has 4 heteroatoms. The van der Waals surface area contributed by atoms with Crippen molar-refractivity contribution < 1.29 is 9.90 Å². The van der Waals surface area contributed by atoms with Gasteiger partial charge in [-0.2, -0.15) is 23.8 Å². The first-order valence-electron chi connectivity index (χ1n) is 4.89. The van der Waals surface area contributed by atoms with Crippen LogP contribution in [0.5, 0.6) is 0 Å². The second-order valence-corrected chi connectivity index (χ2v) is 6.02. The Balaban J connectivity index is 2.19. The summed E-state index contributed by atoms with van der Waals surface area (Å²) in [4.78, 5) is 11.1. The number of rotatable bonds is 2. The molecule has 0 aliphatic carbocycles. The van der Waals surface area contributed by atoms with Crippen molar-refractivity contribution in [3.8, 4) is 0 Å².